The number of likely N-dealkylation sites (tertiary alicyclic amines) is 2. The van der Waals surface area contributed by atoms with E-state index >= 15 is 0 Å². The van der Waals surface area contributed by atoms with Gasteiger partial charge in [0.2, 0.25) is 0 Å². The number of rotatable bonds is 5. The van der Waals surface area contributed by atoms with E-state index < -0.39 is 12.0 Å². The van der Waals surface area contributed by atoms with Gasteiger partial charge in [-0.05, 0) is 38.8 Å². The molecule has 6 nitrogen and oxygen atoms in total. The summed E-state index contributed by atoms with van der Waals surface area (Å²) < 4.78 is 0. The molecule has 21 heavy (non-hydrogen) atoms. The summed E-state index contributed by atoms with van der Waals surface area (Å²) in [6, 6.07) is -0.544. The number of aliphatic carboxylic acids is 1. The number of amides is 2. The summed E-state index contributed by atoms with van der Waals surface area (Å²) in [6.45, 7) is 5.64. The molecule has 2 saturated heterocycles. The number of carboxylic acids is 1. The first-order valence-electron chi connectivity index (χ1n) is 8.14. The van der Waals surface area contributed by atoms with E-state index in [1.807, 2.05) is 6.92 Å². The molecule has 2 atom stereocenters. The van der Waals surface area contributed by atoms with E-state index in [0.717, 1.165) is 39.0 Å². The first-order chi connectivity index (χ1) is 10.1. The van der Waals surface area contributed by atoms with Crippen molar-refractivity contribution in [3.05, 3.63) is 0 Å². The van der Waals surface area contributed by atoms with E-state index in [1.54, 1.807) is 4.90 Å². The van der Waals surface area contributed by atoms with Crippen molar-refractivity contribution in [3.8, 4) is 0 Å². The van der Waals surface area contributed by atoms with Gasteiger partial charge in [-0.15, -0.1) is 0 Å². The highest BCUT2D eigenvalue weighted by atomic mass is 16.4. The van der Waals surface area contributed by atoms with Gasteiger partial charge in [0.15, 0.2) is 0 Å². The molecule has 0 radical (unpaired) electrons. The molecule has 2 fully saturated rings. The second-order valence-corrected chi connectivity index (χ2v) is 6.11. The van der Waals surface area contributed by atoms with Crippen molar-refractivity contribution < 1.29 is 14.7 Å². The molecule has 0 spiro atoms. The number of carbonyl (C=O) groups excluding carboxylic acids is 1. The van der Waals surface area contributed by atoms with Crippen LogP contribution in [0.15, 0.2) is 0 Å². The number of hydrogen-bond acceptors (Lipinski definition) is 3. The maximum absolute atomic E-state index is 12.2. The van der Waals surface area contributed by atoms with E-state index in [9.17, 15) is 9.59 Å². The van der Waals surface area contributed by atoms with Crippen LogP contribution in [0.2, 0.25) is 0 Å². The van der Waals surface area contributed by atoms with E-state index in [0.29, 0.717) is 12.5 Å². The van der Waals surface area contributed by atoms with Gasteiger partial charge < -0.3 is 15.3 Å². The summed E-state index contributed by atoms with van der Waals surface area (Å²) in [5, 5.41) is 11.8. The van der Waals surface area contributed by atoms with E-state index in [2.05, 4.69) is 10.2 Å². The largest absolute Gasteiger partial charge is 0.480 e. The predicted molar refractivity (Wildman–Crippen MR) is 80.3 cm³/mol. The smallest absolute Gasteiger partial charge is 0.326 e. The first kappa shape index (κ1) is 16.1. The van der Waals surface area contributed by atoms with Gasteiger partial charge in [0, 0.05) is 19.1 Å². The van der Waals surface area contributed by atoms with E-state index in [4.69, 9.17) is 5.11 Å². The fourth-order valence-electron chi connectivity index (χ4n) is 3.29. The standard InChI is InChI=1S/C15H27N3O3/c1-2-6-13(14(19)20)16-15(21)18-10-7-12(11-18)17-8-4-3-5-9-17/h12-13H,2-11H2,1H3,(H,16,21)(H,19,20)/t12?,13-/m1/s1. The molecule has 2 rings (SSSR count). The first-order valence-corrected chi connectivity index (χ1v) is 8.14. The van der Waals surface area contributed by atoms with Gasteiger partial charge in [-0.1, -0.05) is 19.8 Å². The molecule has 2 heterocycles. The van der Waals surface area contributed by atoms with Crippen LogP contribution >= 0.6 is 0 Å². The molecular formula is C15H27N3O3. The average molecular weight is 297 g/mol. The number of carbonyl (C=O) groups is 2. The summed E-state index contributed by atoms with van der Waals surface area (Å²) in [5.41, 5.74) is 0. The molecule has 0 aromatic carbocycles. The fourth-order valence-corrected chi connectivity index (χ4v) is 3.29. The molecule has 0 bridgehead atoms. The molecule has 0 saturated carbocycles. The van der Waals surface area contributed by atoms with Gasteiger partial charge in [-0.3, -0.25) is 4.90 Å². The zero-order valence-corrected chi connectivity index (χ0v) is 12.9. The van der Waals surface area contributed by atoms with Crippen molar-refractivity contribution in [1.29, 1.82) is 0 Å². The summed E-state index contributed by atoms with van der Waals surface area (Å²) in [7, 11) is 0. The molecule has 2 amide bonds. The topological polar surface area (TPSA) is 72.9 Å². The van der Waals surface area contributed by atoms with Crippen LogP contribution in [0.4, 0.5) is 4.79 Å². The molecule has 0 aromatic heterocycles. The minimum atomic E-state index is -0.947. The van der Waals surface area contributed by atoms with Crippen LogP contribution in [0.1, 0.15) is 45.4 Å². The molecular weight excluding hydrogens is 270 g/mol. The Kier molecular flexibility index (Phi) is 5.85. The van der Waals surface area contributed by atoms with E-state index in [-0.39, 0.29) is 6.03 Å². The summed E-state index contributed by atoms with van der Waals surface area (Å²) >= 11 is 0. The Morgan fingerprint density at radius 2 is 1.95 bits per heavy atom. The van der Waals surface area contributed by atoms with Crippen molar-refractivity contribution in [2.24, 2.45) is 0 Å². The van der Waals surface area contributed by atoms with Gasteiger partial charge >= 0.3 is 12.0 Å². The van der Waals surface area contributed by atoms with Gasteiger partial charge in [0.05, 0.1) is 0 Å². The number of carboxylic acid groups (broad SMARTS) is 1. The minimum Gasteiger partial charge on any atom is -0.480 e. The third kappa shape index (κ3) is 4.33. The normalized spacial score (nSPS) is 24.8. The lowest BCUT2D eigenvalue weighted by molar-refractivity contribution is -0.139. The van der Waals surface area contributed by atoms with Crippen LogP contribution in [0.25, 0.3) is 0 Å². The average Bonchev–Trinajstić information content (AvgIpc) is 2.97. The van der Waals surface area contributed by atoms with Gasteiger partial charge in [0.1, 0.15) is 6.04 Å². The zero-order chi connectivity index (χ0) is 15.2. The Labute approximate surface area is 126 Å². The molecule has 0 aromatic rings. The van der Waals surface area contributed by atoms with Crippen molar-refractivity contribution in [2.45, 2.75) is 57.5 Å². The van der Waals surface area contributed by atoms with Crippen LogP contribution in [0, 0.1) is 0 Å². The molecule has 2 aliphatic rings. The quantitative estimate of drug-likeness (QED) is 0.807. The molecule has 2 aliphatic heterocycles. The third-order valence-electron chi connectivity index (χ3n) is 4.53. The van der Waals surface area contributed by atoms with E-state index in [1.165, 1.54) is 19.3 Å². The lowest BCUT2D eigenvalue weighted by atomic mass is 10.1. The fraction of sp³-hybridized carbons (Fsp3) is 0.867. The maximum Gasteiger partial charge on any atom is 0.326 e. The molecule has 1 unspecified atom stereocenters. The summed E-state index contributed by atoms with van der Waals surface area (Å²) in [6.07, 6.45) is 6.03. The van der Waals surface area contributed by atoms with Crippen molar-refractivity contribution >= 4 is 12.0 Å². The number of piperidine rings is 1. The van der Waals surface area contributed by atoms with Crippen LogP contribution in [0.5, 0.6) is 0 Å². The summed E-state index contributed by atoms with van der Waals surface area (Å²) in [4.78, 5) is 27.6. The Morgan fingerprint density at radius 1 is 1.24 bits per heavy atom. The lowest BCUT2D eigenvalue weighted by Gasteiger charge is -2.32. The number of nitrogens with zero attached hydrogens (tertiary/aromatic N) is 2. The monoisotopic (exact) mass is 297 g/mol. The zero-order valence-electron chi connectivity index (χ0n) is 12.9. The number of nitrogens with one attached hydrogen (secondary N) is 1. The Morgan fingerprint density at radius 3 is 2.57 bits per heavy atom. The third-order valence-corrected chi connectivity index (χ3v) is 4.53. The number of hydrogen-bond donors (Lipinski definition) is 2. The van der Waals surface area contributed by atoms with Crippen LogP contribution in [0.3, 0.4) is 0 Å². The van der Waals surface area contributed by atoms with Crippen molar-refractivity contribution in [1.82, 2.24) is 15.1 Å². The highest BCUT2D eigenvalue weighted by Gasteiger charge is 2.32. The van der Waals surface area contributed by atoms with Crippen molar-refractivity contribution in [3.63, 3.8) is 0 Å². The Balaban J connectivity index is 1.82. The molecule has 0 aliphatic carbocycles. The van der Waals surface area contributed by atoms with Gasteiger partial charge in [0.25, 0.3) is 0 Å². The second kappa shape index (κ2) is 7.64. The molecule has 2 N–H and O–H groups in total. The van der Waals surface area contributed by atoms with Crippen LogP contribution < -0.4 is 5.32 Å². The minimum absolute atomic E-state index is 0.227. The number of urea groups is 1. The van der Waals surface area contributed by atoms with Crippen molar-refractivity contribution in [2.75, 3.05) is 26.2 Å². The Hall–Kier alpha value is -1.30. The maximum atomic E-state index is 12.2. The predicted octanol–water partition coefficient (Wildman–Crippen LogP) is 1.51. The second-order valence-electron chi connectivity index (χ2n) is 6.11. The molecule has 120 valence electrons. The van der Waals surface area contributed by atoms with Gasteiger partial charge in [-0.25, -0.2) is 9.59 Å². The van der Waals surface area contributed by atoms with Gasteiger partial charge in [-0.2, -0.15) is 0 Å². The summed E-state index contributed by atoms with van der Waals surface area (Å²) in [5.74, 6) is -0.947. The SMILES string of the molecule is CCC[C@@H](NC(=O)N1CCC(N2CCCCC2)C1)C(=O)O. The highest BCUT2D eigenvalue weighted by Crippen LogP contribution is 2.20. The Bertz CT molecular complexity index is 369. The molecule has 6 heteroatoms. The van der Waals surface area contributed by atoms with Crippen LogP contribution in [-0.4, -0.2) is 65.2 Å². The lowest BCUT2D eigenvalue weighted by Crippen LogP contribution is -2.48. The highest BCUT2D eigenvalue weighted by molar-refractivity contribution is 5.82. The van der Waals surface area contributed by atoms with Crippen LogP contribution in [-0.2, 0) is 4.79 Å².